The predicted octanol–water partition coefficient (Wildman–Crippen LogP) is 1.20. The van der Waals surface area contributed by atoms with Gasteiger partial charge in [0.1, 0.15) is 16.3 Å². The molecule has 0 aliphatic carbocycles. The van der Waals surface area contributed by atoms with E-state index in [9.17, 15) is 9.59 Å². The highest BCUT2D eigenvalue weighted by molar-refractivity contribution is 6.32. The molecule has 0 saturated heterocycles. The van der Waals surface area contributed by atoms with Crippen LogP contribution in [0.4, 0.5) is 5.69 Å². The fraction of sp³-hybridized carbons (Fsp3) is 0.0667. The van der Waals surface area contributed by atoms with Crippen LogP contribution in [0.1, 0.15) is 10.4 Å². The molecule has 0 bridgehead atoms. The van der Waals surface area contributed by atoms with E-state index in [1.54, 1.807) is 18.2 Å². The highest BCUT2D eigenvalue weighted by Gasteiger charge is 2.12. The van der Waals surface area contributed by atoms with Gasteiger partial charge in [-0.1, -0.05) is 23.7 Å². The molecule has 9 nitrogen and oxygen atoms in total. The molecule has 0 saturated carbocycles. The summed E-state index contributed by atoms with van der Waals surface area (Å²) in [5.41, 5.74) is 7.80. The first-order valence-corrected chi connectivity index (χ1v) is 7.32. The van der Waals surface area contributed by atoms with Crippen LogP contribution in [0.3, 0.4) is 0 Å². The monoisotopic (exact) mass is 361 g/mol. The Labute approximate surface area is 145 Å². The topological polar surface area (TPSA) is 136 Å². The first-order valence-electron chi connectivity index (χ1n) is 6.95. The van der Waals surface area contributed by atoms with Crippen molar-refractivity contribution >= 4 is 34.2 Å². The number of fused-ring (bicyclic) bond motifs is 1. The largest absolute Gasteiger partial charge is 0.493 e. The lowest BCUT2D eigenvalue weighted by Crippen LogP contribution is -2.23. The molecule has 0 fully saturated rings. The molecule has 1 amide bonds. The number of benzene rings is 1. The average Bonchev–Trinajstić information content (AvgIpc) is 2.61. The summed E-state index contributed by atoms with van der Waals surface area (Å²) in [5, 5.41) is 10.2. The van der Waals surface area contributed by atoms with Gasteiger partial charge in [0, 0.05) is 5.39 Å². The summed E-state index contributed by atoms with van der Waals surface area (Å²) in [6.07, 6.45) is 1.26. The number of hydrogen-bond acceptors (Lipinski definition) is 7. The summed E-state index contributed by atoms with van der Waals surface area (Å²) in [7, 11) is 1.49. The van der Waals surface area contributed by atoms with E-state index < -0.39 is 11.5 Å². The molecule has 0 aliphatic heterocycles. The molecular formula is C15H12ClN5O4. The number of rotatable bonds is 4. The number of methoxy groups -OCH3 is 1. The summed E-state index contributed by atoms with van der Waals surface area (Å²) in [5.74, 6) is -0.273. The predicted molar refractivity (Wildman–Crippen MR) is 90.3 cm³/mol. The Hall–Kier alpha value is -3.33. The van der Waals surface area contributed by atoms with Crippen molar-refractivity contribution in [2.45, 2.75) is 0 Å². The first-order chi connectivity index (χ1) is 12.0. The molecule has 4 N–H and O–H groups in total. The Kier molecular flexibility index (Phi) is 4.40. The van der Waals surface area contributed by atoms with Crippen molar-refractivity contribution in [3.05, 3.63) is 57.0 Å². The number of ether oxygens (including phenoxy) is 1. The van der Waals surface area contributed by atoms with Crippen LogP contribution in [0.2, 0.25) is 5.02 Å². The van der Waals surface area contributed by atoms with Gasteiger partial charge in [0.05, 0.1) is 13.3 Å². The van der Waals surface area contributed by atoms with Crippen LogP contribution < -0.4 is 27.0 Å². The lowest BCUT2D eigenvalue weighted by molar-refractivity contribution is 0.0996. The quantitative estimate of drug-likeness (QED) is 0.597. The van der Waals surface area contributed by atoms with Crippen LogP contribution in [-0.2, 0) is 0 Å². The number of nitrogens with two attached hydrogens (primary N) is 1. The number of para-hydroxylation sites is 1. The smallest absolute Gasteiger partial charge is 0.285 e. The number of primary amides is 1. The van der Waals surface area contributed by atoms with Crippen molar-refractivity contribution in [1.82, 2.24) is 10.2 Å². The second kappa shape index (κ2) is 6.65. The molecule has 2 heterocycles. The van der Waals surface area contributed by atoms with Crippen LogP contribution >= 0.6 is 11.6 Å². The maximum Gasteiger partial charge on any atom is 0.285 e. The SMILES string of the molecule is COc1cccc2cc(C(N)=O)c(=NNc3cn[nH]c(=O)c3Cl)oc12. The van der Waals surface area contributed by atoms with Crippen molar-refractivity contribution in [2.75, 3.05) is 12.5 Å². The van der Waals surface area contributed by atoms with Crippen LogP contribution in [0.15, 0.2) is 44.8 Å². The summed E-state index contributed by atoms with van der Waals surface area (Å²) < 4.78 is 10.9. The van der Waals surface area contributed by atoms with Gasteiger partial charge in [-0.3, -0.25) is 15.0 Å². The minimum atomic E-state index is -0.732. The van der Waals surface area contributed by atoms with Crippen molar-refractivity contribution < 1.29 is 13.9 Å². The third kappa shape index (κ3) is 3.17. The van der Waals surface area contributed by atoms with E-state index in [-0.39, 0.29) is 21.8 Å². The molecule has 0 spiro atoms. The number of amides is 1. The molecule has 1 aromatic carbocycles. The Morgan fingerprint density at radius 2 is 2.28 bits per heavy atom. The van der Waals surface area contributed by atoms with Crippen molar-refractivity contribution in [3.8, 4) is 5.75 Å². The fourth-order valence-electron chi connectivity index (χ4n) is 2.12. The summed E-state index contributed by atoms with van der Waals surface area (Å²) in [6, 6.07) is 6.72. The highest BCUT2D eigenvalue weighted by Crippen LogP contribution is 2.24. The molecule has 0 unspecified atom stereocenters. The molecule has 0 radical (unpaired) electrons. The zero-order chi connectivity index (χ0) is 18.0. The molecular weight excluding hydrogens is 350 g/mol. The van der Waals surface area contributed by atoms with Gasteiger partial charge in [-0.15, -0.1) is 5.10 Å². The summed E-state index contributed by atoms with van der Waals surface area (Å²) in [6.45, 7) is 0. The molecule has 0 atom stereocenters. The molecule has 25 heavy (non-hydrogen) atoms. The van der Waals surface area contributed by atoms with Gasteiger partial charge in [-0.25, -0.2) is 5.10 Å². The molecule has 0 aliphatic rings. The summed E-state index contributed by atoms with van der Waals surface area (Å²) >= 11 is 5.86. The zero-order valence-corrected chi connectivity index (χ0v) is 13.6. The molecule has 3 rings (SSSR count). The second-order valence-electron chi connectivity index (χ2n) is 4.86. The Morgan fingerprint density at radius 3 is 3.00 bits per heavy atom. The van der Waals surface area contributed by atoms with E-state index in [2.05, 4.69) is 20.7 Å². The standard InChI is InChI=1S/C15H12ClN5O4/c1-24-10-4-2-3-7-5-8(13(17)22)15(25-12(7)10)21-19-9-6-18-20-14(23)11(9)16/h2-6H,1H3,(H2,17,22)(H2,19,20,23). The second-order valence-corrected chi connectivity index (χ2v) is 5.24. The van der Waals surface area contributed by atoms with Crippen molar-refractivity contribution in [1.29, 1.82) is 0 Å². The number of carbonyl (C=O) groups is 1. The Balaban J connectivity index is 2.19. The van der Waals surface area contributed by atoms with E-state index >= 15 is 0 Å². The molecule has 2 aromatic heterocycles. The number of aromatic nitrogens is 2. The van der Waals surface area contributed by atoms with Crippen LogP contribution in [0.5, 0.6) is 5.75 Å². The maximum atomic E-state index is 11.7. The molecule has 10 heteroatoms. The third-order valence-electron chi connectivity index (χ3n) is 3.30. The molecule has 128 valence electrons. The van der Waals surface area contributed by atoms with Gasteiger partial charge in [0.25, 0.3) is 11.5 Å². The van der Waals surface area contributed by atoms with Gasteiger partial charge in [0.2, 0.25) is 5.55 Å². The Morgan fingerprint density at radius 1 is 1.48 bits per heavy atom. The van der Waals surface area contributed by atoms with E-state index in [0.717, 1.165) is 0 Å². The van der Waals surface area contributed by atoms with Crippen molar-refractivity contribution in [2.24, 2.45) is 10.8 Å². The number of carbonyl (C=O) groups excluding carboxylic acids is 1. The lowest BCUT2D eigenvalue weighted by Gasteiger charge is -2.06. The number of hydrogen-bond donors (Lipinski definition) is 3. The number of halogens is 1. The normalized spacial score (nSPS) is 11.5. The van der Waals surface area contributed by atoms with Gasteiger partial charge in [-0.05, 0) is 12.1 Å². The van der Waals surface area contributed by atoms with Crippen LogP contribution in [-0.4, -0.2) is 23.2 Å². The number of aromatic amines is 1. The minimum absolute atomic E-state index is 0.0437. The molecule has 3 aromatic rings. The van der Waals surface area contributed by atoms with Gasteiger partial charge < -0.3 is 14.9 Å². The average molecular weight is 362 g/mol. The highest BCUT2D eigenvalue weighted by atomic mass is 35.5. The van der Waals surface area contributed by atoms with E-state index in [1.165, 1.54) is 19.4 Å². The van der Waals surface area contributed by atoms with Gasteiger partial charge >= 0.3 is 0 Å². The number of nitrogens with one attached hydrogen (secondary N) is 2. The number of anilines is 1. The van der Waals surface area contributed by atoms with Gasteiger partial charge in [-0.2, -0.15) is 5.10 Å². The van der Waals surface area contributed by atoms with Crippen molar-refractivity contribution in [3.63, 3.8) is 0 Å². The van der Waals surface area contributed by atoms with Gasteiger partial charge in [0.15, 0.2) is 11.3 Å². The van der Waals surface area contributed by atoms with E-state index in [0.29, 0.717) is 16.7 Å². The third-order valence-corrected chi connectivity index (χ3v) is 3.67. The van der Waals surface area contributed by atoms with Crippen LogP contribution in [0, 0.1) is 0 Å². The summed E-state index contributed by atoms with van der Waals surface area (Å²) in [4.78, 5) is 23.1. The first kappa shape index (κ1) is 16.5. The fourth-order valence-corrected chi connectivity index (χ4v) is 2.25. The lowest BCUT2D eigenvalue weighted by atomic mass is 10.1. The zero-order valence-electron chi connectivity index (χ0n) is 12.9. The number of H-pyrrole nitrogens is 1. The van der Waals surface area contributed by atoms with E-state index in [4.69, 9.17) is 26.5 Å². The number of nitrogens with zero attached hydrogens (tertiary/aromatic N) is 2. The van der Waals surface area contributed by atoms with E-state index in [1.807, 2.05) is 0 Å². The maximum absolute atomic E-state index is 11.7. The minimum Gasteiger partial charge on any atom is -0.493 e. The Bertz CT molecular complexity index is 1090. The van der Waals surface area contributed by atoms with Crippen LogP contribution in [0.25, 0.3) is 11.0 Å².